The lowest BCUT2D eigenvalue weighted by Gasteiger charge is -2.34. The molecule has 0 spiro atoms. The fourth-order valence-electron chi connectivity index (χ4n) is 4.92. The Hall–Kier alpha value is -3.80. The van der Waals surface area contributed by atoms with Crippen molar-refractivity contribution >= 4 is 35.1 Å². The van der Waals surface area contributed by atoms with Crippen LogP contribution in [0.3, 0.4) is 0 Å². The number of amides is 3. The molecule has 0 unspecified atom stereocenters. The van der Waals surface area contributed by atoms with Crippen molar-refractivity contribution in [2.24, 2.45) is 0 Å². The van der Waals surface area contributed by atoms with Crippen molar-refractivity contribution in [1.29, 1.82) is 0 Å². The Kier molecular flexibility index (Phi) is 10.2. The molecule has 2 aromatic carbocycles. The number of carboxylic acids is 1. The predicted molar refractivity (Wildman–Crippen MR) is 152 cm³/mol. The summed E-state index contributed by atoms with van der Waals surface area (Å²) in [4.78, 5) is 54.4. The first-order valence-electron chi connectivity index (χ1n) is 13.7. The van der Waals surface area contributed by atoms with Gasteiger partial charge in [-0.1, -0.05) is 24.3 Å². The van der Waals surface area contributed by atoms with Gasteiger partial charge in [-0.2, -0.15) is 0 Å². The van der Waals surface area contributed by atoms with Gasteiger partial charge in [-0.15, -0.1) is 0 Å². The zero-order valence-corrected chi connectivity index (χ0v) is 22.8. The number of hydrogen-bond acceptors (Lipinski definition) is 7. The maximum absolute atomic E-state index is 13.0. The molecule has 7 rings (SSSR count). The number of carbonyl (C=O) groups excluding carboxylic acids is 3. The van der Waals surface area contributed by atoms with Gasteiger partial charge in [-0.25, -0.2) is 4.79 Å². The number of benzene rings is 2. The van der Waals surface area contributed by atoms with E-state index < -0.39 is 24.0 Å². The Morgan fingerprint density at radius 3 is 1.62 bits per heavy atom. The van der Waals surface area contributed by atoms with Crippen molar-refractivity contribution in [2.45, 2.75) is 37.8 Å². The molecular formula is C29H38N6O5. The van der Waals surface area contributed by atoms with Crippen molar-refractivity contribution < 1.29 is 24.3 Å². The normalized spacial score (nSPS) is 25.2. The molecule has 2 aromatic rings. The summed E-state index contributed by atoms with van der Waals surface area (Å²) in [6.45, 7) is 4.72. The number of likely N-dealkylation sites (N-methyl/N-ethyl adjacent to an activating group) is 1. The fraction of sp³-hybridized carbons (Fsp3) is 0.448. The monoisotopic (exact) mass is 550 g/mol. The lowest BCUT2D eigenvalue weighted by atomic mass is 10.0. The molecule has 5 aliphatic rings. The van der Waals surface area contributed by atoms with Crippen LogP contribution in [0, 0.1) is 0 Å². The molecule has 0 aromatic heterocycles. The van der Waals surface area contributed by atoms with Gasteiger partial charge >= 0.3 is 5.97 Å². The first kappa shape index (κ1) is 29.2. The van der Waals surface area contributed by atoms with E-state index in [1.807, 2.05) is 12.1 Å². The molecule has 0 radical (unpaired) electrons. The van der Waals surface area contributed by atoms with Gasteiger partial charge < -0.3 is 36.2 Å². The molecule has 11 nitrogen and oxygen atoms in total. The van der Waals surface area contributed by atoms with Crippen LogP contribution in [0.4, 0.5) is 11.4 Å². The summed E-state index contributed by atoms with van der Waals surface area (Å²) >= 11 is 0. The average Bonchev–Trinajstić information content (AvgIpc) is 2.95. The van der Waals surface area contributed by atoms with Crippen LogP contribution in [0.1, 0.15) is 24.0 Å². The molecular weight excluding hydrogens is 512 g/mol. The number of nitrogens with one attached hydrogen (secondary N) is 4. The molecule has 11 heteroatoms. The Morgan fingerprint density at radius 1 is 0.750 bits per heavy atom. The number of nitrogens with zero attached hydrogens (tertiary/aromatic N) is 2. The third kappa shape index (κ3) is 8.60. The molecule has 5 N–H and O–H groups in total. The Morgan fingerprint density at radius 2 is 1.20 bits per heavy atom. The van der Waals surface area contributed by atoms with E-state index in [-0.39, 0.29) is 18.2 Å². The summed E-state index contributed by atoms with van der Waals surface area (Å²) in [5.74, 6) is -1.70. The van der Waals surface area contributed by atoms with Crippen LogP contribution < -0.4 is 21.3 Å². The highest BCUT2D eigenvalue weighted by Crippen LogP contribution is 2.15. The lowest BCUT2D eigenvalue weighted by molar-refractivity contribution is -0.142. The second-order valence-corrected chi connectivity index (χ2v) is 10.3. The first-order valence-corrected chi connectivity index (χ1v) is 13.7. The van der Waals surface area contributed by atoms with E-state index in [4.69, 9.17) is 0 Å². The number of carbonyl (C=O) groups is 4. The van der Waals surface area contributed by atoms with E-state index in [2.05, 4.69) is 31.1 Å². The average molecular weight is 551 g/mol. The van der Waals surface area contributed by atoms with Gasteiger partial charge in [-0.3, -0.25) is 14.4 Å². The summed E-state index contributed by atoms with van der Waals surface area (Å²) in [5, 5.41) is 21.2. The smallest absolute Gasteiger partial charge is 0.326 e. The highest BCUT2D eigenvalue weighted by molar-refractivity contribution is 5.91. The second-order valence-electron chi connectivity index (χ2n) is 10.3. The summed E-state index contributed by atoms with van der Waals surface area (Å²) < 4.78 is 0. The standard InChI is InChI=1S/C29H38N6O5/c1-30-24-18-20-2-6-22(7-3-20)31-26(36)10-12-34-14-16-35(17-15-34)13-11-27(37)32-23-8-4-21(5-9-23)19-25(29(39)40)33-28(24)38/h2-9,24-25,30H,10-19H2,1H3,(H,31,36)(H,32,37)(H,33,38)(H,39,40)/t24-,25+/m1/s1. The van der Waals surface area contributed by atoms with Crippen LogP contribution in [0.2, 0.25) is 0 Å². The summed E-state index contributed by atoms with van der Waals surface area (Å²) in [5.41, 5.74) is 2.91. The second kappa shape index (κ2) is 14.0. The number of anilines is 2. The maximum Gasteiger partial charge on any atom is 0.326 e. The number of aliphatic carboxylic acids is 1. The lowest BCUT2D eigenvalue weighted by Crippen LogP contribution is -2.51. The van der Waals surface area contributed by atoms with Gasteiger partial charge in [-0.05, 0) is 48.9 Å². The number of piperazine rings is 1. The zero-order valence-electron chi connectivity index (χ0n) is 22.8. The minimum absolute atomic E-state index is 0.0618. The van der Waals surface area contributed by atoms with Crippen LogP contribution in [-0.2, 0) is 32.0 Å². The SMILES string of the molecule is CN[C@@H]1Cc2ccc(cc2)NC(=O)CCN2CCN(CCC(=O)Nc3ccc(cc3)C[C@@H](C(=O)O)NC1=O)CC2. The van der Waals surface area contributed by atoms with E-state index >= 15 is 0 Å². The molecule has 0 aliphatic carbocycles. The van der Waals surface area contributed by atoms with Crippen molar-refractivity contribution in [2.75, 3.05) is 56.9 Å². The molecule has 2 atom stereocenters. The quantitative estimate of drug-likeness (QED) is 0.372. The molecule has 3 amide bonds. The Bertz CT molecular complexity index is 1180. The topological polar surface area (TPSA) is 143 Å². The number of rotatable bonds is 2. The predicted octanol–water partition coefficient (Wildman–Crippen LogP) is 0.918. The number of carboxylic acid groups (broad SMARTS) is 1. The largest absolute Gasteiger partial charge is 0.480 e. The van der Waals surface area contributed by atoms with Gasteiger partial charge in [0.15, 0.2) is 0 Å². The van der Waals surface area contributed by atoms with Gasteiger partial charge in [0.05, 0.1) is 6.04 Å². The van der Waals surface area contributed by atoms with Crippen molar-refractivity contribution in [1.82, 2.24) is 20.4 Å². The van der Waals surface area contributed by atoms with Gasteiger partial charge in [0.2, 0.25) is 17.7 Å². The number of fused-ring (bicyclic) bond motifs is 3. The van der Waals surface area contributed by atoms with E-state index in [9.17, 15) is 24.3 Å². The van der Waals surface area contributed by atoms with Gasteiger partial charge in [0.1, 0.15) is 6.04 Å². The van der Waals surface area contributed by atoms with Crippen molar-refractivity contribution in [3.63, 3.8) is 0 Å². The minimum atomic E-state index is -1.13. The highest BCUT2D eigenvalue weighted by atomic mass is 16.4. The van der Waals surface area contributed by atoms with Crippen LogP contribution >= 0.6 is 0 Å². The molecule has 1 saturated heterocycles. The first-order chi connectivity index (χ1) is 19.3. The molecule has 1 fully saturated rings. The van der Waals surface area contributed by atoms with E-state index in [1.165, 1.54) is 0 Å². The van der Waals surface area contributed by atoms with E-state index in [0.29, 0.717) is 43.7 Å². The fourth-order valence-corrected chi connectivity index (χ4v) is 4.92. The number of hydrogen-bond donors (Lipinski definition) is 5. The van der Waals surface area contributed by atoms with Crippen LogP contribution in [-0.4, -0.2) is 97.0 Å². The third-order valence-corrected chi connectivity index (χ3v) is 7.41. The minimum Gasteiger partial charge on any atom is -0.480 e. The molecule has 0 saturated carbocycles. The van der Waals surface area contributed by atoms with Crippen LogP contribution in [0.5, 0.6) is 0 Å². The highest BCUT2D eigenvalue weighted by Gasteiger charge is 2.25. The Labute approximate surface area is 234 Å². The van der Waals surface area contributed by atoms with E-state index in [1.54, 1.807) is 43.4 Å². The molecule has 40 heavy (non-hydrogen) atoms. The Balaban J connectivity index is 1.48. The van der Waals surface area contributed by atoms with Gasteiger partial charge in [0, 0.05) is 69.9 Å². The zero-order chi connectivity index (χ0) is 28.5. The van der Waals surface area contributed by atoms with Crippen LogP contribution in [0.25, 0.3) is 0 Å². The summed E-state index contributed by atoms with van der Waals surface area (Å²) in [6.07, 6.45) is 1.20. The maximum atomic E-state index is 13.0. The molecule has 6 bridgehead atoms. The van der Waals surface area contributed by atoms with Crippen molar-refractivity contribution in [3.8, 4) is 0 Å². The van der Waals surface area contributed by atoms with Gasteiger partial charge in [0.25, 0.3) is 0 Å². The molecule has 214 valence electrons. The summed E-state index contributed by atoms with van der Waals surface area (Å²) in [7, 11) is 1.65. The third-order valence-electron chi connectivity index (χ3n) is 7.41. The van der Waals surface area contributed by atoms with Crippen molar-refractivity contribution in [3.05, 3.63) is 59.7 Å². The summed E-state index contributed by atoms with van der Waals surface area (Å²) in [6, 6.07) is 12.6. The van der Waals surface area contributed by atoms with E-state index in [0.717, 1.165) is 37.3 Å². The molecule has 5 aliphatic heterocycles. The van der Waals surface area contributed by atoms with Crippen LogP contribution in [0.15, 0.2) is 48.5 Å². The molecule has 5 heterocycles.